The standard InChI is InChI=1S/C15H15N3O3/c19-14(10-18-7-3-6-16-18)17-8-11-4-1-2-5-12(11)13(9-17)15(20)21/h1-7,13H,8-10H2,(H,20,21)/t13-/m0/s1. The summed E-state index contributed by atoms with van der Waals surface area (Å²) >= 11 is 0. The summed E-state index contributed by atoms with van der Waals surface area (Å²) in [7, 11) is 0. The molecule has 3 rings (SSSR count). The number of aliphatic carboxylic acids is 1. The van der Waals surface area contributed by atoms with Crippen LogP contribution in [0.15, 0.2) is 42.7 Å². The van der Waals surface area contributed by atoms with E-state index >= 15 is 0 Å². The molecule has 2 heterocycles. The van der Waals surface area contributed by atoms with Gasteiger partial charge in [0.1, 0.15) is 6.54 Å². The highest BCUT2D eigenvalue weighted by Gasteiger charge is 2.32. The summed E-state index contributed by atoms with van der Waals surface area (Å²) in [6, 6.07) is 9.14. The predicted octanol–water partition coefficient (Wildman–Crippen LogP) is 1.09. The number of carbonyl (C=O) groups is 2. The molecular formula is C15H15N3O3. The van der Waals surface area contributed by atoms with Gasteiger partial charge in [-0.05, 0) is 17.2 Å². The molecule has 108 valence electrons. The molecule has 1 amide bonds. The Morgan fingerprint density at radius 3 is 2.81 bits per heavy atom. The second-order valence-corrected chi connectivity index (χ2v) is 5.07. The van der Waals surface area contributed by atoms with Crippen molar-refractivity contribution < 1.29 is 14.7 Å². The van der Waals surface area contributed by atoms with E-state index in [1.54, 1.807) is 28.0 Å². The molecule has 0 aliphatic carbocycles. The molecule has 0 spiro atoms. The number of fused-ring (bicyclic) bond motifs is 1. The van der Waals surface area contributed by atoms with E-state index in [9.17, 15) is 14.7 Å². The zero-order valence-corrected chi connectivity index (χ0v) is 11.3. The molecule has 1 N–H and O–H groups in total. The van der Waals surface area contributed by atoms with Crippen molar-refractivity contribution in [2.75, 3.05) is 6.54 Å². The molecule has 1 aromatic carbocycles. The summed E-state index contributed by atoms with van der Waals surface area (Å²) in [5.41, 5.74) is 1.69. The van der Waals surface area contributed by atoms with E-state index in [2.05, 4.69) is 5.10 Å². The van der Waals surface area contributed by atoms with Gasteiger partial charge in [-0.2, -0.15) is 5.10 Å². The molecule has 6 nitrogen and oxygen atoms in total. The fraction of sp³-hybridized carbons (Fsp3) is 0.267. The van der Waals surface area contributed by atoms with E-state index in [4.69, 9.17) is 0 Å². The van der Waals surface area contributed by atoms with Crippen LogP contribution in [-0.2, 0) is 22.7 Å². The Morgan fingerprint density at radius 1 is 1.29 bits per heavy atom. The van der Waals surface area contributed by atoms with Crippen molar-refractivity contribution in [2.45, 2.75) is 19.0 Å². The monoisotopic (exact) mass is 285 g/mol. The van der Waals surface area contributed by atoms with Crippen LogP contribution in [0.3, 0.4) is 0 Å². The Kier molecular flexibility index (Phi) is 3.43. The van der Waals surface area contributed by atoms with Crippen molar-refractivity contribution in [1.82, 2.24) is 14.7 Å². The van der Waals surface area contributed by atoms with Gasteiger partial charge in [-0.1, -0.05) is 24.3 Å². The lowest BCUT2D eigenvalue weighted by atomic mass is 9.90. The van der Waals surface area contributed by atoms with E-state index in [1.807, 2.05) is 24.3 Å². The first-order valence-corrected chi connectivity index (χ1v) is 6.71. The van der Waals surface area contributed by atoms with Gasteiger partial charge >= 0.3 is 5.97 Å². The third-order valence-corrected chi connectivity index (χ3v) is 3.70. The van der Waals surface area contributed by atoms with Gasteiger partial charge < -0.3 is 10.0 Å². The predicted molar refractivity (Wildman–Crippen MR) is 74.5 cm³/mol. The fourth-order valence-corrected chi connectivity index (χ4v) is 2.64. The van der Waals surface area contributed by atoms with Gasteiger partial charge in [0.25, 0.3) is 0 Å². The average Bonchev–Trinajstić information content (AvgIpc) is 2.98. The lowest BCUT2D eigenvalue weighted by Gasteiger charge is -2.32. The summed E-state index contributed by atoms with van der Waals surface area (Å²) in [6.45, 7) is 0.772. The van der Waals surface area contributed by atoms with Crippen molar-refractivity contribution in [2.24, 2.45) is 0 Å². The Bertz CT molecular complexity index is 667. The van der Waals surface area contributed by atoms with Crippen LogP contribution in [-0.4, -0.2) is 38.2 Å². The van der Waals surface area contributed by atoms with Crippen LogP contribution in [0.2, 0.25) is 0 Å². The Labute approximate surface area is 121 Å². The van der Waals surface area contributed by atoms with Crippen LogP contribution in [0.1, 0.15) is 17.0 Å². The van der Waals surface area contributed by atoms with Crippen molar-refractivity contribution in [1.29, 1.82) is 0 Å². The number of carboxylic acids is 1. The van der Waals surface area contributed by atoms with Crippen molar-refractivity contribution in [3.8, 4) is 0 Å². The topological polar surface area (TPSA) is 75.4 Å². The van der Waals surface area contributed by atoms with E-state index in [0.717, 1.165) is 11.1 Å². The van der Waals surface area contributed by atoms with Crippen LogP contribution >= 0.6 is 0 Å². The molecule has 0 saturated heterocycles. The Balaban J connectivity index is 1.82. The van der Waals surface area contributed by atoms with E-state index < -0.39 is 11.9 Å². The van der Waals surface area contributed by atoms with Crippen molar-refractivity contribution in [3.63, 3.8) is 0 Å². The number of rotatable bonds is 3. The Hall–Kier alpha value is -2.63. The van der Waals surface area contributed by atoms with Crippen LogP contribution in [0, 0.1) is 0 Å². The summed E-state index contributed by atoms with van der Waals surface area (Å²) < 4.78 is 1.54. The first-order chi connectivity index (χ1) is 10.1. The number of carbonyl (C=O) groups excluding carboxylic acids is 1. The molecule has 0 saturated carbocycles. The number of carboxylic acid groups (broad SMARTS) is 1. The molecule has 0 fully saturated rings. The fourth-order valence-electron chi connectivity index (χ4n) is 2.64. The lowest BCUT2D eigenvalue weighted by molar-refractivity contribution is -0.141. The summed E-state index contributed by atoms with van der Waals surface area (Å²) in [4.78, 5) is 25.3. The molecule has 1 atom stereocenters. The number of hydrogen-bond donors (Lipinski definition) is 1. The van der Waals surface area contributed by atoms with Crippen LogP contribution in [0.25, 0.3) is 0 Å². The van der Waals surface area contributed by atoms with E-state index in [-0.39, 0.29) is 19.0 Å². The van der Waals surface area contributed by atoms with Crippen LogP contribution in [0.5, 0.6) is 0 Å². The first-order valence-electron chi connectivity index (χ1n) is 6.71. The maximum absolute atomic E-state index is 12.3. The molecule has 2 aromatic rings. The number of nitrogens with zero attached hydrogens (tertiary/aromatic N) is 3. The second kappa shape index (κ2) is 5.40. The minimum absolute atomic E-state index is 0.126. The molecule has 6 heteroatoms. The van der Waals surface area contributed by atoms with Gasteiger partial charge in [-0.3, -0.25) is 14.3 Å². The Morgan fingerprint density at radius 2 is 2.10 bits per heavy atom. The first kappa shape index (κ1) is 13.4. The highest BCUT2D eigenvalue weighted by molar-refractivity contribution is 5.81. The molecule has 0 bridgehead atoms. The number of amides is 1. The molecule has 1 aliphatic heterocycles. The van der Waals surface area contributed by atoms with Gasteiger partial charge in [0.2, 0.25) is 5.91 Å². The van der Waals surface area contributed by atoms with E-state index in [0.29, 0.717) is 6.54 Å². The number of aromatic nitrogens is 2. The third-order valence-electron chi connectivity index (χ3n) is 3.70. The maximum atomic E-state index is 12.3. The highest BCUT2D eigenvalue weighted by atomic mass is 16.4. The quantitative estimate of drug-likeness (QED) is 0.916. The molecular weight excluding hydrogens is 270 g/mol. The molecule has 1 aliphatic rings. The smallest absolute Gasteiger partial charge is 0.312 e. The van der Waals surface area contributed by atoms with Gasteiger partial charge in [-0.15, -0.1) is 0 Å². The van der Waals surface area contributed by atoms with Gasteiger partial charge in [0, 0.05) is 25.5 Å². The van der Waals surface area contributed by atoms with Crippen molar-refractivity contribution >= 4 is 11.9 Å². The van der Waals surface area contributed by atoms with Crippen molar-refractivity contribution in [3.05, 3.63) is 53.9 Å². The zero-order chi connectivity index (χ0) is 14.8. The number of hydrogen-bond acceptors (Lipinski definition) is 3. The molecule has 1 aromatic heterocycles. The summed E-state index contributed by atoms with van der Waals surface area (Å²) in [6.07, 6.45) is 3.32. The maximum Gasteiger partial charge on any atom is 0.312 e. The molecule has 21 heavy (non-hydrogen) atoms. The van der Waals surface area contributed by atoms with Crippen LogP contribution in [0.4, 0.5) is 0 Å². The van der Waals surface area contributed by atoms with Gasteiger partial charge in [0.15, 0.2) is 0 Å². The van der Waals surface area contributed by atoms with Crippen LogP contribution < -0.4 is 0 Å². The average molecular weight is 285 g/mol. The highest BCUT2D eigenvalue weighted by Crippen LogP contribution is 2.28. The number of benzene rings is 1. The van der Waals surface area contributed by atoms with Gasteiger partial charge in [0.05, 0.1) is 5.92 Å². The largest absolute Gasteiger partial charge is 0.481 e. The molecule has 0 radical (unpaired) electrons. The summed E-state index contributed by atoms with van der Waals surface area (Å²) in [5.74, 6) is -1.70. The second-order valence-electron chi connectivity index (χ2n) is 5.07. The molecule has 0 unspecified atom stereocenters. The van der Waals surface area contributed by atoms with Gasteiger partial charge in [-0.25, -0.2) is 0 Å². The minimum Gasteiger partial charge on any atom is -0.481 e. The van der Waals surface area contributed by atoms with E-state index in [1.165, 1.54) is 0 Å². The minimum atomic E-state index is -0.904. The SMILES string of the molecule is O=C(O)[C@H]1CN(C(=O)Cn2cccn2)Cc2ccccc21. The third kappa shape index (κ3) is 2.65. The summed E-state index contributed by atoms with van der Waals surface area (Å²) in [5, 5.41) is 13.4. The lowest BCUT2D eigenvalue weighted by Crippen LogP contribution is -2.42. The normalized spacial score (nSPS) is 17.3. The zero-order valence-electron chi connectivity index (χ0n) is 11.3.